The third-order valence-electron chi connectivity index (χ3n) is 3.27. The van der Waals surface area contributed by atoms with Crippen molar-refractivity contribution in [2.24, 2.45) is 10.7 Å². The Hall–Kier alpha value is -2.64. The van der Waals surface area contributed by atoms with Crippen LogP contribution >= 0.6 is 0 Å². The number of nitrogens with two attached hydrogens (primary N) is 1. The molecular weight excluding hydrogens is 250 g/mol. The molecule has 0 saturated heterocycles. The van der Waals surface area contributed by atoms with E-state index in [0.29, 0.717) is 11.4 Å². The number of carbonyl (C=O) groups excluding carboxylic acids is 1. The molecule has 0 fully saturated rings. The van der Waals surface area contributed by atoms with Crippen LogP contribution in [0.15, 0.2) is 47.5 Å². The van der Waals surface area contributed by atoms with Crippen LogP contribution in [0, 0.1) is 12.1 Å². The standard InChI is InChI=1S/C16H13N3O/c1-19-13-10-6-5-9-12(13)14(18-15(17)16(19)20)11-7-3-2-4-8-11/h2-5,7-9,15H,17H2,1H3. The molecule has 0 saturated carbocycles. The molecule has 1 amide bonds. The minimum absolute atomic E-state index is 0.256. The molecule has 0 aliphatic carbocycles. The van der Waals surface area contributed by atoms with E-state index in [1.807, 2.05) is 36.4 Å². The molecule has 3 rings (SSSR count). The van der Waals surface area contributed by atoms with E-state index < -0.39 is 6.17 Å². The maximum absolute atomic E-state index is 12.1. The van der Waals surface area contributed by atoms with Gasteiger partial charge in [0.15, 0.2) is 6.17 Å². The highest BCUT2D eigenvalue weighted by atomic mass is 16.2. The Kier molecular flexibility index (Phi) is 2.97. The first-order chi connectivity index (χ1) is 9.68. The van der Waals surface area contributed by atoms with Crippen LogP contribution in [-0.2, 0) is 4.79 Å². The van der Waals surface area contributed by atoms with Gasteiger partial charge in [0.05, 0.1) is 5.71 Å². The van der Waals surface area contributed by atoms with E-state index in [1.165, 1.54) is 4.90 Å². The molecule has 1 heterocycles. The Morgan fingerprint density at radius 2 is 2.00 bits per heavy atom. The van der Waals surface area contributed by atoms with Gasteiger partial charge in [0.2, 0.25) is 0 Å². The SMILES string of the molecule is CN1C(=O)C(N)N=C(c2ccccc2)c2ccc#cc21. The topological polar surface area (TPSA) is 58.7 Å². The van der Waals surface area contributed by atoms with Crippen molar-refractivity contribution in [3.05, 3.63) is 65.7 Å². The largest absolute Gasteiger partial charge is 0.305 e. The Morgan fingerprint density at radius 3 is 2.75 bits per heavy atom. The van der Waals surface area contributed by atoms with Gasteiger partial charge in [0, 0.05) is 18.2 Å². The molecule has 0 aromatic heterocycles. The summed E-state index contributed by atoms with van der Waals surface area (Å²) in [5, 5.41) is 0. The van der Waals surface area contributed by atoms with Crippen molar-refractivity contribution in [1.29, 1.82) is 0 Å². The van der Waals surface area contributed by atoms with Crippen molar-refractivity contribution in [3.8, 4) is 0 Å². The molecule has 1 unspecified atom stereocenters. The monoisotopic (exact) mass is 263 g/mol. The normalized spacial score (nSPS) is 17.9. The summed E-state index contributed by atoms with van der Waals surface area (Å²) in [6.07, 6.45) is -0.906. The number of fused-ring (bicyclic) bond motifs is 1. The molecule has 1 aliphatic heterocycles. The molecule has 1 atom stereocenters. The van der Waals surface area contributed by atoms with E-state index in [2.05, 4.69) is 17.1 Å². The quantitative estimate of drug-likeness (QED) is 0.845. The van der Waals surface area contributed by atoms with Crippen LogP contribution in [0.4, 0.5) is 5.69 Å². The molecule has 20 heavy (non-hydrogen) atoms. The van der Waals surface area contributed by atoms with Gasteiger partial charge in [0.25, 0.3) is 5.91 Å². The van der Waals surface area contributed by atoms with Gasteiger partial charge in [-0.25, -0.2) is 0 Å². The summed E-state index contributed by atoms with van der Waals surface area (Å²) in [6.45, 7) is 0. The summed E-state index contributed by atoms with van der Waals surface area (Å²) in [4.78, 5) is 18.0. The summed E-state index contributed by atoms with van der Waals surface area (Å²) in [5.41, 5.74) is 8.98. The van der Waals surface area contributed by atoms with Crippen LogP contribution < -0.4 is 10.6 Å². The van der Waals surface area contributed by atoms with Gasteiger partial charge in [-0.1, -0.05) is 36.4 Å². The summed E-state index contributed by atoms with van der Waals surface area (Å²) < 4.78 is 0. The van der Waals surface area contributed by atoms with Gasteiger partial charge in [-0.05, 0) is 18.2 Å². The van der Waals surface area contributed by atoms with E-state index in [0.717, 1.165) is 11.1 Å². The minimum Gasteiger partial charge on any atom is -0.305 e. The third-order valence-corrected chi connectivity index (χ3v) is 3.27. The van der Waals surface area contributed by atoms with E-state index >= 15 is 0 Å². The van der Waals surface area contributed by atoms with Crippen LogP contribution in [0.2, 0.25) is 0 Å². The second-order valence-electron chi connectivity index (χ2n) is 4.55. The molecule has 0 spiro atoms. The summed E-state index contributed by atoms with van der Waals surface area (Å²) in [5.74, 6) is -0.256. The number of likely N-dealkylation sites (N-methyl/N-ethyl adjacent to an activating group) is 1. The van der Waals surface area contributed by atoms with Crippen LogP contribution in [0.1, 0.15) is 11.1 Å². The van der Waals surface area contributed by atoms with Gasteiger partial charge < -0.3 is 10.6 Å². The molecule has 4 nitrogen and oxygen atoms in total. The van der Waals surface area contributed by atoms with Crippen molar-refractivity contribution in [2.75, 3.05) is 11.9 Å². The number of anilines is 1. The second-order valence-corrected chi connectivity index (χ2v) is 4.55. The molecule has 98 valence electrons. The summed E-state index contributed by atoms with van der Waals surface area (Å²) in [7, 11) is 1.68. The number of hydrogen-bond acceptors (Lipinski definition) is 3. The highest BCUT2D eigenvalue weighted by Gasteiger charge is 2.27. The third kappa shape index (κ3) is 1.94. The Balaban J connectivity index is 2.24. The predicted molar refractivity (Wildman–Crippen MR) is 77.6 cm³/mol. The smallest absolute Gasteiger partial charge is 0.266 e. The Morgan fingerprint density at radius 1 is 1.25 bits per heavy atom. The zero-order chi connectivity index (χ0) is 14.1. The summed E-state index contributed by atoms with van der Waals surface area (Å²) in [6, 6.07) is 19.2. The van der Waals surface area contributed by atoms with Gasteiger partial charge in [-0.2, -0.15) is 0 Å². The van der Waals surface area contributed by atoms with Crippen molar-refractivity contribution in [2.45, 2.75) is 6.17 Å². The number of carbonyl (C=O) groups is 1. The Bertz CT molecular complexity index is 679. The number of hydrogen-bond donors (Lipinski definition) is 1. The lowest BCUT2D eigenvalue weighted by molar-refractivity contribution is -0.119. The molecule has 0 radical (unpaired) electrons. The lowest BCUT2D eigenvalue weighted by Gasteiger charge is -2.16. The van der Waals surface area contributed by atoms with Crippen LogP contribution in [0.3, 0.4) is 0 Å². The molecule has 2 aromatic carbocycles. The maximum Gasteiger partial charge on any atom is 0.266 e. The second kappa shape index (κ2) is 4.80. The Labute approximate surface area is 117 Å². The average Bonchev–Trinajstić information content (AvgIpc) is 2.60. The van der Waals surface area contributed by atoms with Gasteiger partial charge in [-0.15, -0.1) is 0 Å². The van der Waals surface area contributed by atoms with Crippen LogP contribution in [-0.4, -0.2) is 24.8 Å². The molecule has 2 aromatic rings. The fourth-order valence-corrected chi connectivity index (χ4v) is 2.24. The van der Waals surface area contributed by atoms with Gasteiger partial charge >= 0.3 is 0 Å². The number of amides is 1. The fourth-order valence-electron chi connectivity index (χ4n) is 2.24. The van der Waals surface area contributed by atoms with Crippen molar-refractivity contribution >= 4 is 17.3 Å². The van der Waals surface area contributed by atoms with Crippen LogP contribution in [0.25, 0.3) is 0 Å². The molecule has 2 N–H and O–H groups in total. The molecular formula is C16H13N3O. The number of aliphatic imine (C=N–C) groups is 1. The van der Waals surface area contributed by atoms with Gasteiger partial charge in [-0.3, -0.25) is 9.79 Å². The molecule has 0 bridgehead atoms. The van der Waals surface area contributed by atoms with E-state index in [9.17, 15) is 4.79 Å². The lowest BCUT2D eigenvalue weighted by Crippen LogP contribution is -2.39. The average molecular weight is 263 g/mol. The van der Waals surface area contributed by atoms with Crippen molar-refractivity contribution < 1.29 is 4.79 Å². The molecule has 1 aliphatic rings. The lowest BCUT2D eigenvalue weighted by atomic mass is 10.0. The van der Waals surface area contributed by atoms with Crippen molar-refractivity contribution in [1.82, 2.24) is 0 Å². The highest BCUT2D eigenvalue weighted by molar-refractivity contribution is 6.19. The predicted octanol–water partition coefficient (Wildman–Crippen LogP) is 1.39. The first kappa shape index (κ1) is 12.4. The van der Waals surface area contributed by atoms with Crippen LogP contribution in [0.5, 0.6) is 0 Å². The fraction of sp³-hybridized carbons (Fsp3) is 0.125. The van der Waals surface area contributed by atoms with Gasteiger partial charge in [0.1, 0.15) is 5.69 Å². The van der Waals surface area contributed by atoms with E-state index in [4.69, 9.17) is 5.73 Å². The molecule has 4 heteroatoms. The summed E-state index contributed by atoms with van der Waals surface area (Å²) >= 11 is 0. The highest BCUT2D eigenvalue weighted by Crippen LogP contribution is 2.24. The first-order valence-corrected chi connectivity index (χ1v) is 6.27. The van der Waals surface area contributed by atoms with E-state index in [1.54, 1.807) is 13.1 Å². The van der Waals surface area contributed by atoms with Crippen molar-refractivity contribution in [3.63, 3.8) is 0 Å². The number of benzene rings is 1. The number of nitrogens with zero attached hydrogens (tertiary/aromatic N) is 2. The van der Waals surface area contributed by atoms with E-state index in [-0.39, 0.29) is 5.91 Å². The number of rotatable bonds is 1. The first-order valence-electron chi connectivity index (χ1n) is 6.27. The minimum atomic E-state index is -0.906. The zero-order valence-corrected chi connectivity index (χ0v) is 11.0. The zero-order valence-electron chi connectivity index (χ0n) is 11.0. The maximum atomic E-state index is 12.1.